The fourth-order valence-electron chi connectivity index (χ4n) is 1.75. The maximum Gasteiger partial charge on any atom is 0.212 e. The quantitative estimate of drug-likeness (QED) is 0.703. The highest BCUT2D eigenvalue weighted by molar-refractivity contribution is 5.30. The fraction of sp³-hybridized carbons (Fsp3) is 0.500. The summed E-state index contributed by atoms with van der Waals surface area (Å²) < 4.78 is 12.5. The maximum atomic E-state index is 12.5. The lowest BCUT2D eigenvalue weighted by atomic mass is 9.92. The van der Waals surface area contributed by atoms with E-state index in [0.29, 0.717) is 0 Å². The van der Waals surface area contributed by atoms with Crippen molar-refractivity contribution in [1.82, 2.24) is 4.98 Å². The molecule has 1 aromatic heterocycles. The van der Waals surface area contributed by atoms with Crippen molar-refractivity contribution in [2.24, 2.45) is 0 Å². The van der Waals surface area contributed by atoms with Crippen LogP contribution in [0.4, 0.5) is 4.39 Å². The summed E-state index contributed by atoms with van der Waals surface area (Å²) in [4.78, 5) is 3.59. The van der Waals surface area contributed by atoms with E-state index in [9.17, 15) is 9.50 Å². The minimum atomic E-state index is -0.467. The Morgan fingerprint density at radius 3 is 2.62 bits per heavy atom. The monoisotopic (exact) mass is 181 g/mol. The predicted octanol–water partition coefficient (Wildman–Crippen LogP) is 1.63. The van der Waals surface area contributed by atoms with Gasteiger partial charge in [0.05, 0.1) is 6.10 Å². The minimum absolute atomic E-state index is 0.138. The summed E-state index contributed by atoms with van der Waals surface area (Å²) >= 11 is 0. The normalized spacial score (nSPS) is 21.2. The van der Waals surface area contributed by atoms with E-state index < -0.39 is 5.95 Å². The third kappa shape index (κ3) is 1.33. The Labute approximate surface area is 76.4 Å². The molecule has 0 radical (unpaired) electrons. The molecule has 1 aliphatic rings. The third-order valence-electron chi connectivity index (χ3n) is 2.89. The first kappa shape index (κ1) is 8.63. The van der Waals surface area contributed by atoms with Crippen LogP contribution < -0.4 is 0 Å². The van der Waals surface area contributed by atoms with Gasteiger partial charge in [0.2, 0.25) is 5.95 Å². The van der Waals surface area contributed by atoms with E-state index in [2.05, 4.69) is 4.98 Å². The summed E-state index contributed by atoms with van der Waals surface area (Å²) in [6.07, 6.45) is 3.09. The molecule has 1 N–H and O–H groups in total. The topological polar surface area (TPSA) is 33.1 Å². The minimum Gasteiger partial charge on any atom is -0.392 e. The lowest BCUT2D eigenvalue weighted by Gasteiger charge is -2.18. The van der Waals surface area contributed by atoms with Gasteiger partial charge >= 0.3 is 0 Å². The van der Waals surface area contributed by atoms with Gasteiger partial charge in [0.15, 0.2) is 0 Å². The van der Waals surface area contributed by atoms with Gasteiger partial charge in [-0.3, -0.25) is 0 Å². The Morgan fingerprint density at radius 1 is 1.54 bits per heavy atom. The molecular weight excluding hydrogens is 169 g/mol. The second-order valence-electron chi connectivity index (χ2n) is 3.70. The number of hydrogen-bond acceptors (Lipinski definition) is 2. The molecule has 3 heteroatoms. The molecule has 0 spiro atoms. The van der Waals surface area contributed by atoms with Crippen molar-refractivity contribution < 1.29 is 9.50 Å². The van der Waals surface area contributed by atoms with E-state index in [0.717, 1.165) is 18.4 Å². The van der Waals surface area contributed by atoms with Crippen LogP contribution >= 0.6 is 0 Å². The summed E-state index contributed by atoms with van der Waals surface area (Å²) in [6.45, 7) is 1.77. The smallest absolute Gasteiger partial charge is 0.212 e. The predicted molar refractivity (Wildman–Crippen MR) is 46.8 cm³/mol. The number of rotatable bonds is 2. The molecule has 0 saturated heterocycles. The van der Waals surface area contributed by atoms with Crippen LogP contribution in [-0.2, 0) is 5.41 Å². The van der Waals surface area contributed by atoms with Crippen LogP contribution in [0.2, 0.25) is 0 Å². The van der Waals surface area contributed by atoms with Crippen LogP contribution in [0.25, 0.3) is 0 Å². The number of aliphatic hydroxyl groups excluding tert-OH is 1. The molecule has 13 heavy (non-hydrogen) atoms. The van der Waals surface area contributed by atoms with Gasteiger partial charge in [-0.1, -0.05) is 6.07 Å². The van der Waals surface area contributed by atoms with Crippen LogP contribution in [0.3, 0.4) is 0 Å². The zero-order valence-electron chi connectivity index (χ0n) is 7.50. The van der Waals surface area contributed by atoms with Crippen LogP contribution in [0.15, 0.2) is 18.3 Å². The molecule has 0 aliphatic heterocycles. The summed E-state index contributed by atoms with van der Waals surface area (Å²) in [6, 6.07) is 3.06. The van der Waals surface area contributed by atoms with Gasteiger partial charge in [-0.15, -0.1) is 0 Å². The van der Waals surface area contributed by atoms with E-state index in [1.807, 2.05) is 0 Å². The van der Waals surface area contributed by atoms with Gasteiger partial charge in [0.1, 0.15) is 0 Å². The zero-order chi connectivity index (χ0) is 9.47. The van der Waals surface area contributed by atoms with Gasteiger partial charge < -0.3 is 5.11 Å². The summed E-state index contributed by atoms with van der Waals surface area (Å²) in [5.41, 5.74) is 0.810. The number of nitrogens with zero attached hydrogens (tertiary/aromatic N) is 1. The van der Waals surface area contributed by atoms with Gasteiger partial charge in [0, 0.05) is 11.6 Å². The molecule has 1 aliphatic carbocycles. The molecule has 2 nitrogen and oxygen atoms in total. The molecule has 1 atom stereocenters. The molecule has 0 amide bonds. The number of aromatic nitrogens is 1. The Kier molecular flexibility index (Phi) is 1.84. The molecule has 70 valence electrons. The molecule has 0 bridgehead atoms. The van der Waals surface area contributed by atoms with Gasteiger partial charge in [0.25, 0.3) is 0 Å². The molecular formula is C10H12FNO. The highest BCUT2D eigenvalue weighted by atomic mass is 19.1. The number of halogens is 1. The number of pyridine rings is 1. The highest BCUT2D eigenvalue weighted by Crippen LogP contribution is 2.50. The second-order valence-corrected chi connectivity index (χ2v) is 3.70. The van der Waals surface area contributed by atoms with Crippen molar-refractivity contribution in [3.63, 3.8) is 0 Å². The SMILES string of the molecule is CC(O)C1(c2ccc(F)nc2)CC1. The van der Waals surface area contributed by atoms with Crippen LogP contribution in [-0.4, -0.2) is 16.2 Å². The Bertz CT molecular complexity index is 303. The highest BCUT2D eigenvalue weighted by Gasteiger charge is 2.48. The van der Waals surface area contributed by atoms with E-state index in [1.54, 1.807) is 13.0 Å². The van der Waals surface area contributed by atoms with E-state index in [4.69, 9.17) is 0 Å². The Hall–Kier alpha value is -0.960. The zero-order valence-corrected chi connectivity index (χ0v) is 7.50. The van der Waals surface area contributed by atoms with Crippen molar-refractivity contribution in [3.8, 4) is 0 Å². The molecule has 1 aromatic rings. The van der Waals surface area contributed by atoms with Crippen molar-refractivity contribution in [1.29, 1.82) is 0 Å². The van der Waals surface area contributed by atoms with Crippen LogP contribution in [0.5, 0.6) is 0 Å². The van der Waals surface area contributed by atoms with Crippen LogP contribution in [0, 0.1) is 5.95 Å². The first-order chi connectivity index (χ1) is 6.15. The first-order valence-electron chi connectivity index (χ1n) is 4.45. The Morgan fingerprint density at radius 2 is 2.23 bits per heavy atom. The van der Waals surface area contributed by atoms with E-state index >= 15 is 0 Å². The molecule has 1 saturated carbocycles. The number of hydrogen-bond donors (Lipinski definition) is 1. The largest absolute Gasteiger partial charge is 0.392 e. The molecule has 1 fully saturated rings. The lowest BCUT2D eigenvalue weighted by Crippen LogP contribution is -2.22. The lowest BCUT2D eigenvalue weighted by molar-refractivity contribution is 0.150. The van der Waals surface area contributed by atoms with Gasteiger partial charge in [-0.25, -0.2) is 4.98 Å². The van der Waals surface area contributed by atoms with Crippen molar-refractivity contribution in [3.05, 3.63) is 29.8 Å². The summed E-state index contributed by atoms with van der Waals surface area (Å²) in [7, 11) is 0. The maximum absolute atomic E-state index is 12.5. The first-order valence-corrected chi connectivity index (χ1v) is 4.45. The summed E-state index contributed by atoms with van der Waals surface area (Å²) in [5, 5.41) is 9.54. The molecule has 1 unspecified atom stereocenters. The molecule has 1 heterocycles. The molecule has 2 rings (SSSR count). The van der Waals surface area contributed by atoms with Crippen molar-refractivity contribution in [2.75, 3.05) is 0 Å². The average molecular weight is 181 g/mol. The summed E-state index contributed by atoms with van der Waals surface area (Å²) in [5.74, 6) is -0.467. The van der Waals surface area contributed by atoms with Crippen LogP contribution in [0.1, 0.15) is 25.3 Å². The fourth-order valence-corrected chi connectivity index (χ4v) is 1.75. The third-order valence-corrected chi connectivity index (χ3v) is 2.89. The second kappa shape index (κ2) is 2.77. The molecule has 0 aromatic carbocycles. The van der Waals surface area contributed by atoms with Crippen molar-refractivity contribution >= 4 is 0 Å². The van der Waals surface area contributed by atoms with E-state index in [-0.39, 0.29) is 11.5 Å². The van der Waals surface area contributed by atoms with Gasteiger partial charge in [-0.2, -0.15) is 4.39 Å². The van der Waals surface area contributed by atoms with Crippen molar-refractivity contribution in [2.45, 2.75) is 31.3 Å². The standard InChI is InChI=1S/C10H12FNO/c1-7(13)10(4-5-10)8-2-3-9(11)12-6-8/h2-3,6-7,13H,4-5H2,1H3. The van der Waals surface area contributed by atoms with E-state index in [1.165, 1.54) is 12.3 Å². The average Bonchev–Trinajstić information content (AvgIpc) is 2.86. The van der Waals surface area contributed by atoms with Gasteiger partial charge in [-0.05, 0) is 31.4 Å². The number of aliphatic hydroxyl groups is 1. The Balaban J connectivity index is 2.31.